The van der Waals surface area contributed by atoms with E-state index in [0.29, 0.717) is 19.7 Å². The van der Waals surface area contributed by atoms with Crippen LogP contribution in [0.4, 0.5) is 0 Å². The Morgan fingerprint density at radius 3 is 2.57 bits per heavy atom. The van der Waals surface area contributed by atoms with E-state index in [-0.39, 0.29) is 23.2 Å². The van der Waals surface area contributed by atoms with Gasteiger partial charge in [-0.3, -0.25) is 9.59 Å². The summed E-state index contributed by atoms with van der Waals surface area (Å²) in [5.41, 5.74) is 2.00. The number of benzene rings is 2. The molecule has 0 aromatic heterocycles. The standard InChI is InChI=1S/C23H23NO4/c25-21(19-12-23(19)10-11-28-20-9-5-4-8-18(20)23)24-13-16(17(14-24)22(26)27)15-6-2-1-3-7-15/h1-9,16-17,19H,10-14H2,(H,26,27)/t16?,17?,19-,23-/m0/s1. The van der Waals surface area contributed by atoms with Gasteiger partial charge in [0.05, 0.1) is 12.5 Å². The number of hydrogen-bond donors (Lipinski definition) is 1. The third-order valence-electron chi connectivity index (χ3n) is 6.78. The minimum Gasteiger partial charge on any atom is -0.493 e. The van der Waals surface area contributed by atoms with Crippen molar-refractivity contribution >= 4 is 11.9 Å². The first kappa shape index (κ1) is 17.3. The molecule has 1 amide bonds. The molecular weight excluding hydrogens is 354 g/mol. The number of carbonyl (C=O) groups excluding carboxylic acids is 1. The predicted molar refractivity (Wildman–Crippen MR) is 103 cm³/mol. The molecule has 3 aliphatic rings. The van der Waals surface area contributed by atoms with E-state index in [2.05, 4.69) is 6.07 Å². The van der Waals surface area contributed by atoms with Crippen LogP contribution in [-0.2, 0) is 15.0 Å². The van der Waals surface area contributed by atoms with Gasteiger partial charge in [-0.2, -0.15) is 0 Å². The molecule has 1 spiro atoms. The molecule has 5 heteroatoms. The van der Waals surface area contributed by atoms with Gasteiger partial charge in [0.25, 0.3) is 0 Å². The SMILES string of the molecule is O=C(O)C1CN(C(=O)[C@@H]2C[C@]23CCOc2ccccc23)CC1c1ccccc1. The van der Waals surface area contributed by atoms with Gasteiger partial charge in [-0.15, -0.1) is 0 Å². The zero-order valence-corrected chi connectivity index (χ0v) is 15.6. The summed E-state index contributed by atoms with van der Waals surface area (Å²) in [5, 5.41) is 9.72. The zero-order valence-electron chi connectivity index (χ0n) is 15.6. The molecule has 2 aliphatic heterocycles. The number of amides is 1. The highest BCUT2D eigenvalue weighted by Gasteiger charge is 2.62. The van der Waals surface area contributed by atoms with Gasteiger partial charge in [0.1, 0.15) is 5.75 Å². The van der Waals surface area contributed by atoms with Crippen molar-refractivity contribution in [3.63, 3.8) is 0 Å². The van der Waals surface area contributed by atoms with Crippen molar-refractivity contribution in [2.75, 3.05) is 19.7 Å². The molecule has 5 nitrogen and oxygen atoms in total. The number of fused-ring (bicyclic) bond motifs is 2. The lowest BCUT2D eigenvalue weighted by Gasteiger charge is -2.27. The number of carboxylic acid groups (broad SMARTS) is 1. The maximum absolute atomic E-state index is 13.3. The fourth-order valence-electron chi connectivity index (χ4n) is 5.18. The second-order valence-electron chi connectivity index (χ2n) is 8.21. The number of rotatable bonds is 3. The van der Waals surface area contributed by atoms with E-state index in [1.807, 2.05) is 48.5 Å². The lowest BCUT2D eigenvalue weighted by molar-refractivity contribution is -0.142. The Hall–Kier alpha value is -2.82. The molecule has 2 aromatic carbocycles. The molecule has 2 unspecified atom stereocenters. The monoisotopic (exact) mass is 377 g/mol. The van der Waals surface area contributed by atoms with Crippen molar-refractivity contribution < 1.29 is 19.4 Å². The number of ether oxygens (including phenoxy) is 1. The molecule has 4 atom stereocenters. The Morgan fingerprint density at radius 1 is 1.04 bits per heavy atom. The van der Waals surface area contributed by atoms with Crippen molar-refractivity contribution in [3.05, 3.63) is 65.7 Å². The number of carbonyl (C=O) groups is 2. The van der Waals surface area contributed by atoms with Crippen LogP contribution in [0.2, 0.25) is 0 Å². The number of carboxylic acids is 1. The quantitative estimate of drug-likeness (QED) is 0.893. The smallest absolute Gasteiger partial charge is 0.308 e. The van der Waals surface area contributed by atoms with E-state index >= 15 is 0 Å². The largest absolute Gasteiger partial charge is 0.493 e. The van der Waals surface area contributed by atoms with Crippen molar-refractivity contribution in [3.8, 4) is 5.75 Å². The summed E-state index contributed by atoms with van der Waals surface area (Å²) >= 11 is 0. The molecule has 2 aromatic rings. The van der Waals surface area contributed by atoms with Crippen molar-refractivity contribution in [2.24, 2.45) is 11.8 Å². The van der Waals surface area contributed by atoms with E-state index in [4.69, 9.17) is 4.74 Å². The molecule has 2 heterocycles. The van der Waals surface area contributed by atoms with E-state index in [0.717, 1.165) is 29.7 Å². The Morgan fingerprint density at radius 2 is 1.79 bits per heavy atom. The summed E-state index contributed by atoms with van der Waals surface area (Å²) in [6, 6.07) is 17.7. The maximum Gasteiger partial charge on any atom is 0.308 e. The highest BCUT2D eigenvalue weighted by Crippen LogP contribution is 2.61. The summed E-state index contributed by atoms with van der Waals surface area (Å²) in [5.74, 6) is -0.618. The van der Waals surface area contributed by atoms with Crippen molar-refractivity contribution in [1.29, 1.82) is 0 Å². The highest BCUT2D eigenvalue weighted by molar-refractivity contribution is 5.86. The van der Waals surface area contributed by atoms with Gasteiger partial charge in [0.15, 0.2) is 0 Å². The molecule has 1 saturated heterocycles. The number of aliphatic carboxylic acids is 1. The maximum atomic E-state index is 13.3. The molecule has 144 valence electrons. The Kier molecular flexibility index (Phi) is 3.93. The van der Waals surface area contributed by atoms with Crippen molar-refractivity contribution in [2.45, 2.75) is 24.2 Å². The third-order valence-corrected chi connectivity index (χ3v) is 6.78. The molecule has 1 N–H and O–H groups in total. The van der Waals surface area contributed by atoms with E-state index in [9.17, 15) is 14.7 Å². The summed E-state index contributed by atoms with van der Waals surface area (Å²) in [7, 11) is 0. The Balaban J connectivity index is 1.38. The van der Waals surface area contributed by atoms with Crippen LogP contribution in [0.25, 0.3) is 0 Å². The van der Waals surface area contributed by atoms with Crippen LogP contribution in [0.1, 0.15) is 29.9 Å². The number of hydrogen-bond acceptors (Lipinski definition) is 3. The second-order valence-corrected chi connectivity index (χ2v) is 8.21. The lowest BCUT2D eigenvalue weighted by atomic mass is 9.87. The van der Waals surface area contributed by atoms with E-state index in [1.165, 1.54) is 0 Å². The topological polar surface area (TPSA) is 66.8 Å². The molecule has 0 bridgehead atoms. The van der Waals surface area contributed by atoms with Gasteiger partial charge in [-0.1, -0.05) is 48.5 Å². The van der Waals surface area contributed by atoms with Crippen LogP contribution in [0.3, 0.4) is 0 Å². The van der Waals surface area contributed by atoms with E-state index < -0.39 is 11.9 Å². The first-order valence-electron chi connectivity index (χ1n) is 9.89. The number of nitrogens with zero attached hydrogens (tertiary/aromatic N) is 1. The fraction of sp³-hybridized carbons (Fsp3) is 0.391. The second kappa shape index (κ2) is 6.36. The lowest BCUT2D eigenvalue weighted by Crippen LogP contribution is -2.34. The highest BCUT2D eigenvalue weighted by atomic mass is 16.5. The van der Waals surface area contributed by atoms with Crippen LogP contribution in [0, 0.1) is 11.8 Å². The minimum absolute atomic E-state index is 0.0680. The molecule has 0 radical (unpaired) electrons. The molecule has 2 fully saturated rings. The van der Waals surface area contributed by atoms with Crippen LogP contribution in [-0.4, -0.2) is 41.6 Å². The van der Waals surface area contributed by atoms with Crippen LogP contribution in [0.15, 0.2) is 54.6 Å². The predicted octanol–water partition coefficient (Wildman–Crippen LogP) is 3.05. The average molecular weight is 377 g/mol. The minimum atomic E-state index is -0.828. The van der Waals surface area contributed by atoms with Gasteiger partial charge in [0.2, 0.25) is 5.91 Å². The van der Waals surface area contributed by atoms with Crippen LogP contribution in [0.5, 0.6) is 5.75 Å². The molecule has 5 rings (SSSR count). The molecule has 1 aliphatic carbocycles. The Bertz CT molecular complexity index is 927. The number of likely N-dealkylation sites (tertiary alicyclic amines) is 1. The van der Waals surface area contributed by atoms with Gasteiger partial charge in [-0.05, 0) is 24.5 Å². The summed E-state index contributed by atoms with van der Waals surface area (Å²) in [6.45, 7) is 1.40. The van der Waals surface area contributed by atoms with Gasteiger partial charge >= 0.3 is 5.97 Å². The normalized spacial score (nSPS) is 30.6. The van der Waals surface area contributed by atoms with Gasteiger partial charge in [0, 0.05) is 35.9 Å². The van der Waals surface area contributed by atoms with Crippen molar-refractivity contribution in [1.82, 2.24) is 4.90 Å². The average Bonchev–Trinajstić information content (AvgIpc) is 3.24. The number of para-hydroxylation sites is 1. The summed E-state index contributed by atoms with van der Waals surface area (Å²) in [6.07, 6.45) is 1.68. The van der Waals surface area contributed by atoms with Gasteiger partial charge in [-0.25, -0.2) is 0 Å². The first-order chi connectivity index (χ1) is 13.6. The van der Waals surface area contributed by atoms with Crippen LogP contribution < -0.4 is 4.74 Å². The molecule has 28 heavy (non-hydrogen) atoms. The first-order valence-corrected chi connectivity index (χ1v) is 9.89. The molecular formula is C23H23NO4. The Labute approximate surface area is 163 Å². The summed E-state index contributed by atoms with van der Waals surface area (Å²) in [4.78, 5) is 27.0. The van der Waals surface area contributed by atoms with E-state index in [1.54, 1.807) is 4.90 Å². The summed E-state index contributed by atoms with van der Waals surface area (Å²) < 4.78 is 5.77. The third kappa shape index (κ3) is 2.60. The van der Waals surface area contributed by atoms with Gasteiger partial charge < -0.3 is 14.7 Å². The zero-order chi connectivity index (χ0) is 19.3. The fourth-order valence-corrected chi connectivity index (χ4v) is 5.18. The van der Waals surface area contributed by atoms with Crippen LogP contribution >= 0.6 is 0 Å². The molecule has 1 saturated carbocycles.